The van der Waals surface area contributed by atoms with Gasteiger partial charge >= 0.3 is 12.1 Å². The van der Waals surface area contributed by atoms with Crippen LogP contribution in [-0.2, 0) is 15.1 Å². The van der Waals surface area contributed by atoms with E-state index in [0.29, 0.717) is 10.6 Å². The van der Waals surface area contributed by atoms with Crippen molar-refractivity contribution >= 4 is 35.5 Å². The monoisotopic (exact) mass is 406 g/mol. The van der Waals surface area contributed by atoms with Gasteiger partial charge in [-0.25, -0.2) is 9.59 Å². The van der Waals surface area contributed by atoms with Gasteiger partial charge in [0.1, 0.15) is 12.1 Å². The first-order valence-corrected chi connectivity index (χ1v) is 9.68. The second-order valence-corrected chi connectivity index (χ2v) is 7.69. The lowest BCUT2D eigenvalue weighted by molar-refractivity contribution is -0.134. The second-order valence-electron chi connectivity index (χ2n) is 7.28. The van der Waals surface area contributed by atoms with Crippen LogP contribution in [0.4, 0.5) is 9.59 Å². The lowest BCUT2D eigenvalue weighted by atomic mass is 9.92. The van der Waals surface area contributed by atoms with Crippen molar-refractivity contribution in [2.24, 2.45) is 0 Å². The molecule has 1 atom stereocenters. The number of nitrogens with one attached hydrogen (secondary N) is 3. The Morgan fingerprint density at radius 1 is 1.21 bits per heavy atom. The fourth-order valence-electron chi connectivity index (χ4n) is 3.67. The number of nitrogens with zero attached hydrogens (tertiary/aromatic N) is 1. The summed E-state index contributed by atoms with van der Waals surface area (Å²) in [5, 5.41) is 7.85. The number of rotatable bonds is 4. The van der Waals surface area contributed by atoms with E-state index in [4.69, 9.17) is 11.6 Å². The van der Waals surface area contributed by atoms with Crippen molar-refractivity contribution in [3.63, 3.8) is 0 Å². The maximum atomic E-state index is 12.8. The van der Waals surface area contributed by atoms with Gasteiger partial charge in [0, 0.05) is 16.6 Å². The molecule has 0 spiro atoms. The molecule has 1 heterocycles. The Hall–Kier alpha value is -2.61. The summed E-state index contributed by atoms with van der Waals surface area (Å²) in [7, 11) is 0. The smallest absolute Gasteiger partial charge is 0.325 e. The van der Waals surface area contributed by atoms with E-state index in [1.807, 2.05) is 0 Å². The third kappa shape index (κ3) is 4.11. The quantitative estimate of drug-likeness (QED) is 0.666. The molecular formula is C19H23ClN4O4. The molecule has 0 bridgehead atoms. The summed E-state index contributed by atoms with van der Waals surface area (Å²) in [6.45, 7) is 0.977. The molecule has 0 aromatic heterocycles. The summed E-state index contributed by atoms with van der Waals surface area (Å²) in [6.07, 6.45) is 4.99. The van der Waals surface area contributed by atoms with Crippen molar-refractivity contribution in [3.8, 4) is 0 Å². The van der Waals surface area contributed by atoms with Gasteiger partial charge in [0.05, 0.1) is 0 Å². The van der Waals surface area contributed by atoms with Gasteiger partial charge in [0.25, 0.3) is 5.91 Å². The molecule has 3 rings (SSSR count). The van der Waals surface area contributed by atoms with E-state index in [2.05, 4.69) is 16.0 Å². The van der Waals surface area contributed by atoms with Crippen LogP contribution in [0.2, 0.25) is 5.02 Å². The highest BCUT2D eigenvalue weighted by Crippen LogP contribution is 2.33. The fraction of sp³-hybridized carbons (Fsp3) is 0.474. The van der Waals surface area contributed by atoms with E-state index < -0.39 is 36.0 Å². The number of halogens is 1. The zero-order valence-corrected chi connectivity index (χ0v) is 16.3. The predicted octanol–water partition coefficient (Wildman–Crippen LogP) is 2.27. The molecule has 1 aliphatic heterocycles. The zero-order valence-electron chi connectivity index (χ0n) is 15.6. The van der Waals surface area contributed by atoms with E-state index in [1.54, 1.807) is 24.3 Å². The van der Waals surface area contributed by atoms with Gasteiger partial charge in [-0.1, -0.05) is 49.1 Å². The lowest BCUT2D eigenvalue weighted by Crippen LogP contribution is -2.49. The van der Waals surface area contributed by atoms with Crippen LogP contribution >= 0.6 is 11.6 Å². The molecule has 1 saturated heterocycles. The average Bonchev–Trinajstić information content (AvgIpc) is 2.86. The molecule has 9 heteroatoms. The average molecular weight is 407 g/mol. The highest BCUT2D eigenvalue weighted by Gasteiger charge is 2.50. The molecule has 1 aliphatic carbocycles. The molecule has 6 amide bonds. The molecule has 1 aromatic carbocycles. The van der Waals surface area contributed by atoms with Gasteiger partial charge in [0.2, 0.25) is 5.91 Å². The van der Waals surface area contributed by atoms with Crippen LogP contribution in [0.15, 0.2) is 24.3 Å². The highest BCUT2D eigenvalue weighted by atomic mass is 35.5. The summed E-state index contributed by atoms with van der Waals surface area (Å²) in [5.74, 6) is -1.34. The third-order valence-corrected chi connectivity index (χ3v) is 5.51. The number of hydrogen-bond acceptors (Lipinski definition) is 4. The number of hydrogen-bond donors (Lipinski definition) is 3. The number of urea groups is 2. The summed E-state index contributed by atoms with van der Waals surface area (Å²) < 4.78 is 0. The predicted molar refractivity (Wildman–Crippen MR) is 103 cm³/mol. The van der Waals surface area contributed by atoms with Gasteiger partial charge in [-0.15, -0.1) is 0 Å². The molecule has 1 aromatic rings. The second kappa shape index (κ2) is 8.18. The van der Waals surface area contributed by atoms with E-state index in [1.165, 1.54) is 6.92 Å². The van der Waals surface area contributed by atoms with Crippen molar-refractivity contribution in [2.45, 2.75) is 50.6 Å². The Kier molecular flexibility index (Phi) is 5.88. The Morgan fingerprint density at radius 2 is 1.89 bits per heavy atom. The van der Waals surface area contributed by atoms with Gasteiger partial charge in [-0.05, 0) is 25.8 Å². The van der Waals surface area contributed by atoms with Gasteiger partial charge < -0.3 is 10.6 Å². The van der Waals surface area contributed by atoms with E-state index >= 15 is 0 Å². The number of carbonyl (C=O) groups is 4. The maximum absolute atomic E-state index is 12.8. The number of amides is 6. The first-order valence-electron chi connectivity index (χ1n) is 9.30. The van der Waals surface area contributed by atoms with Crippen molar-refractivity contribution in [2.75, 3.05) is 6.54 Å². The normalized spacial score (nSPS) is 22.7. The molecule has 3 N–H and O–H groups in total. The van der Waals surface area contributed by atoms with Crippen LogP contribution < -0.4 is 16.0 Å². The molecular weight excluding hydrogens is 384 g/mol. The summed E-state index contributed by atoms with van der Waals surface area (Å²) >= 11 is 6.17. The van der Waals surface area contributed by atoms with Crippen LogP contribution in [0.1, 0.15) is 44.6 Å². The maximum Gasteiger partial charge on any atom is 0.325 e. The van der Waals surface area contributed by atoms with Crippen molar-refractivity contribution in [1.82, 2.24) is 20.9 Å². The number of imide groups is 2. The van der Waals surface area contributed by atoms with Gasteiger partial charge in [0.15, 0.2) is 0 Å². The van der Waals surface area contributed by atoms with Crippen molar-refractivity contribution in [3.05, 3.63) is 34.9 Å². The Labute approximate surface area is 168 Å². The Morgan fingerprint density at radius 3 is 2.57 bits per heavy atom. The van der Waals surface area contributed by atoms with Crippen LogP contribution in [0.5, 0.6) is 0 Å². The van der Waals surface area contributed by atoms with Crippen LogP contribution in [-0.4, -0.2) is 41.4 Å². The summed E-state index contributed by atoms with van der Waals surface area (Å²) in [5.41, 5.74) is -0.937. The zero-order chi connectivity index (χ0) is 20.3. The van der Waals surface area contributed by atoms with Crippen molar-refractivity contribution < 1.29 is 19.2 Å². The Balaban J connectivity index is 1.61. The SMILES string of the molecule is C[C@]1(c2ccccc2Cl)NC(=O)N(CC(=O)NC(=O)NC2CCCCC2)C1=O. The first kappa shape index (κ1) is 20.1. The molecule has 0 radical (unpaired) electrons. The standard InChI is InChI=1S/C19H23ClN4O4/c1-19(13-9-5-6-10-14(13)20)16(26)24(18(28)23-19)11-15(25)22-17(27)21-12-7-3-2-4-8-12/h5-6,9-10,12H,2-4,7-8,11H2,1H3,(H,23,28)(H2,21,22,25,27)/t19-/m1/s1. The first-order chi connectivity index (χ1) is 13.3. The molecule has 28 heavy (non-hydrogen) atoms. The highest BCUT2D eigenvalue weighted by molar-refractivity contribution is 6.32. The van der Waals surface area contributed by atoms with Crippen LogP contribution in [0.25, 0.3) is 0 Å². The van der Waals surface area contributed by atoms with Gasteiger partial charge in [-0.2, -0.15) is 0 Å². The molecule has 2 fully saturated rings. The van der Waals surface area contributed by atoms with Crippen molar-refractivity contribution in [1.29, 1.82) is 0 Å². The number of carbonyl (C=O) groups excluding carboxylic acids is 4. The molecule has 150 valence electrons. The van der Waals surface area contributed by atoms with E-state index in [-0.39, 0.29) is 6.04 Å². The lowest BCUT2D eigenvalue weighted by Gasteiger charge is -2.23. The Bertz CT molecular complexity index is 809. The van der Waals surface area contributed by atoms with E-state index in [9.17, 15) is 19.2 Å². The topological polar surface area (TPSA) is 108 Å². The minimum atomic E-state index is -1.37. The van der Waals surface area contributed by atoms with Gasteiger partial charge in [-0.3, -0.25) is 19.8 Å². The molecule has 1 saturated carbocycles. The minimum absolute atomic E-state index is 0.0433. The largest absolute Gasteiger partial charge is 0.335 e. The molecule has 8 nitrogen and oxygen atoms in total. The summed E-state index contributed by atoms with van der Waals surface area (Å²) in [4.78, 5) is 50.1. The van der Waals surface area contributed by atoms with E-state index in [0.717, 1.165) is 37.0 Å². The fourth-order valence-corrected chi connectivity index (χ4v) is 3.99. The van der Waals surface area contributed by atoms with Crippen LogP contribution in [0.3, 0.4) is 0 Å². The molecule has 2 aliphatic rings. The molecule has 0 unspecified atom stereocenters. The minimum Gasteiger partial charge on any atom is -0.335 e. The third-order valence-electron chi connectivity index (χ3n) is 5.18. The summed E-state index contributed by atoms with van der Waals surface area (Å²) in [6, 6.07) is 5.40. The van der Waals surface area contributed by atoms with Crippen LogP contribution in [0, 0.1) is 0 Å². The number of benzene rings is 1.